The Kier molecular flexibility index (Phi) is 5.77. The van der Waals surface area contributed by atoms with Gasteiger partial charge in [-0.2, -0.15) is 0 Å². The second-order valence-corrected chi connectivity index (χ2v) is 8.79. The van der Waals surface area contributed by atoms with E-state index in [0.29, 0.717) is 37.2 Å². The third kappa shape index (κ3) is 5.00. The highest BCUT2D eigenvalue weighted by Gasteiger charge is 2.28. The van der Waals surface area contributed by atoms with Gasteiger partial charge in [0.1, 0.15) is 12.3 Å². The second-order valence-electron chi connectivity index (χ2n) is 8.79. The highest BCUT2D eigenvalue weighted by Crippen LogP contribution is 2.27. The van der Waals surface area contributed by atoms with E-state index in [-0.39, 0.29) is 5.91 Å². The summed E-state index contributed by atoms with van der Waals surface area (Å²) in [6, 6.07) is 15.5. The van der Waals surface area contributed by atoms with Crippen LogP contribution in [0.15, 0.2) is 48.5 Å². The summed E-state index contributed by atoms with van der Waals surface area (Å²) in [6.07, 6.45) is 2.62. The average Bonchev–Trinajstić information content (AvgIpc) is 3.15. The van der Waals surface area contributed by atoms with E-state index in [9.17, 15) is 9.90 Å². The summed E-state index contributed by atoms with van der Waals surface area (Å²) >= 11 is 0. The van der Waals surface area contributed by atoms with Crippen molar-refractivity contribution in [2.24, 2.45) is 5.92 Å². The molecule has 158 valence electrons. The van der Waals surface area contributed by atoms with E-state index in [1.165, 1.54) is 0 Å². The molecular weight excluding hydrogens is 378 g/mol. The summed E-state index contributed by atoms with van der Waals surface area (Å²) in [7, 11) is 0. The highest BCUT2D eigenvalue weighted by molar-refractivity contribution is 5.97. The molecule has 0 saturated carbocycles. The molecule has 0 atom stereocenters. The number of carbonyl (C=O) groups excluding carboxylic acids is 1. The maximum Gasteiger partial charge on any atom is 0.270 e. The third-order valence-electron chi connectivity index (χ3n) is 5.60. The van der Waals surface area contributed by atoms with Crippen LogP contribution in [0.4, 0.5) is 0 Å². The van der Waals surface area contributed by atoms with Gasteiger partial charge in [0.05, 0.1) is 16.6 Å². The van der Waals surface area contributed by atoms with Crippen LogP contribution in [-0.4, -0.2) is 44.6 Å². The van der Waals surface area contributed by atoms with Gasteiger partial charge >= 0.3 is 0 Å². The number of hydrogen-bond acceptors (Lipinski definition) is 4. The van der Waals surface area contributed by atoms with E-state index in [4.69, 9.17) is 4.74 Å². The first-order valence-corrected chi connectivity index (χ1v) is 10.6. The number of aromatic amines is 1. The topological polar surface area (TPSA) is 78.4 Å². The molecule has 3 heterocycles. The van der Waals surface area contributed by atoms with E-state index < -0.39 is 5.60 Å². The number of fused-ring (bicyclic) bond motifs is 1. The molecule has 1 amide bonds. The molecular formula is C24H29N3O3. The van der Waals surface area contributed by atoms with Crippen LogP contribution in [0.5, 0.6) is 5.88 Å². The number of piperidine rings is 1. The van der Waals surface area contributed by atoms with E-state index in [0.717, 1.165) is 35.9 Å². The first-order chi connectivity index (χ1) is 14.4. The number of likely N-dealkylation sites (tertiary alicyclic amines) is 1. The number of aliphatic hydroxyl groups is 1. The molecule has 0 unspecified atom stereocenters. The minimum absolute atomic E-state index is 0.00135. The van der Waals surface area contributed by atoms with Gasteiger partial charge in [-0.05, 0) is 56.7 Å². The largest absolute Gasteiger partial charge is 0.473 e. The maximum atomic E-state index is 12.9. The third-order valence-corrected chi connectivity index (χ3v) is 5.60. The average molecular weight is 408 g/mol. The number of carbonyl (C=O) groups is 1. The number of nitrogens with zero attached hydrogens (tertiary/aromatic N) is 2. The second kappa shape index (κ2) is 8.48. The molecule has 6 nitrogen and oxygen atoms in total. The zero-order valence-corrected chi connectivity index (χ0v) is 17.6. The molecule has 2 aromatic heterocycles. The van der Waals surface area contributed by atoms with Gasteiger partial charge in [0, 0.05) is 19.2 Å². The SMILES string of the molecule is CC(C)(O)CC1CCN(C(=O)c2cc3nc(OCc4ccccc4)ccc3[nH]2)CC1. The molecule has 1 fully saturated rings. The number of nitrogens with one attached hydrogen (secondary N) is 1. The molecule has 1 saturated heterocycles. The van der Waals surface area contributed by atoms with Gasteiger partial charge in [0.25, 0.3) is 5.91 Å². The van der Waals surface area contributed by atoms with Crippen LogP contribution in [-0.2, 0) is 6.61 Å². The molecule has 30 heavy (non-hydrogen) atoms. The van der Waals surface area contributed by atoms with Gasteiger partial charge in [0.2, 0.25) is 5.88 Å². The van der Waals surface area contributed by atoms with Crippen LogP contribution in [0.25, 0.3) is 11.0 Å². The van der Waals surface area contributed by atoms with Crippen LogP contribution in [0.3, 0.4) is 0 Å². The molecule has 1 aliphatic heterocycles. The van der Waals surface area contributed by atoms with Crippen LogP contribution < -0.4 is 4.74 Å². The van der Waals surface area contributed by atoms with E-state index >= 15 is 0 Å². The molecule has 4 rings (SSSR count). The number of benzene rings is 1. The summed E-state index contributed by atoms with van der Waals surface area (Å²) < 4.78 is 5.80. The predicted octanol–water partition coefficient (Wildman–Crippen LogP) is 4.16. The van der Waals surface area contributed by atoms with Crippen molar-refractivity contribution >= 4 is 16.9 Å². The zero-order valence-electron chi connectivity index (χ0n) is 17.6. The molecule has 2 N–H and O–H groups in total. The first-order valence-electron chi connectivity index (χ1n) is 10.6. The molecule has 0 radical (unpaired) electrons. The summed E-state index contributed by atoms with van der Waals surface area (Å²) in [4.78, 5) is 22.6. The molecule has 1 aromatic carbocycles. The van der Waals surface area contributed by atoms with Crippen molar-refractivity contribution in [1.29, 1.82) is 0 Å². The monoisotopic (exact) mass is 407 g/mol. The van der Waals surface area contributed by atoms with Crippen molar-refractivity contribution in [3.63, 3.8) is 0 Å². The smallest absolute Gasteiger partial charge is 0.270 e. The zero-order chi connectivity index (χ0) is 21.1. The number of pyridine rings is 1. The van der Waals surface area contributed by atoms with Crippen LogP contribution in [0, 0.1) is 5.92 Å². The van der Waals surface area contributed by atoms with Gasteiger partial charge in [0.15, 0.2) is 0 Å². The van der Waals surface area contributed by atoms with Crippen molar-refractivity contribution in [2.45, 2.75) is 45.3 Å². The summed E-state index contributed by atoms with van der Waals surface area (Å²) in [6.45, 7) is 5.58. The maximum absolute atomic E-state index is 12.9. The Labute approximate surface area is 176 Å². The highest BCUT2D eigenvalue weighted by atomic mass is 16.5. The van der Waals surface area contributed by atoms with Crippen LogP contribution in [0.1, 0.15) is 49.2 Å². The minimum Gasteiger partial charge on any atom is -0.473 e. The Bertz CT molecular complexity index is 999. The molecule has 6 heteroatoms. The van der Waals surface area contributed by atoms with Gasteiger partial charge in [-0.3, -0.25) is 4.79 Å². The van der Waals surface area contributed by atoms with E-state index in [1.54, 1.807) is 6.07 Å². The fourth-order valence-electron chi connectivity index (χ4n) is 4.13. The van der Waals surface area contributed by atoms with Crippen molar-refractivity contribution in [3.8, 4) is 5.88 Å². The quantitative estimate of drug-likeness (QED) is 0.643. The van der Waals surface area contributed by atoms with Gasteiger partial charge in [-0.15, -0.1) is 0 Å². The lowest BCUT2D eigenvalue weighted by Gasteiger charge is -2.34. The number of aromatic nitrogens is 2. The lowest BCUT2D eigenvalue weighted by Crippen LogP contribution is -2.40. The summed E-state index contributed by atoms with van der Waals surface area (Å²) in [5.41, 5.74) is 2.53. The molecule has 0 bridgehead atoms. The Morgan fingerprint density at radius 1 is 1.20 bits per heavy atom. The first kappa shape index (κ1) is 20.4. The lowest BCUT2D eigenvalue weighted by molar-refractivity contribution is 0.0357. The lowest BCUT2D eigenvalue weighted by atomic mass is 9.86. The van der Waals surface area contributed by atoms with Gasteiger partial charge < -0.3 is 19.7 Å². The van der Waals surface area contributed by atoms with Crippen molar-refractivity contribution < 1.29 is 14.6 Å². The van der Waals surface area contributed by atoms with Gasteiger partial charge in [-0.25, -0.2) is 4.98 Å². The van der Waals surface area contributed by atoms with Crippen molar-refractivity contribution in [2.75, 3.05) is 13.1 Å². The van der Waals surface area contributed by atoms with Crippen LogP contribution >= 0.6 is 0 Å². The van der Waals surface area contributed by atoms with Crippen molar-refractivity contribution in [1.82, 2.24) is 14.9 Å². The molecule has 0 aliphatic carbocycles. The molecule has 0 spiro atoms. The van der Waals surface area contributed by atoms with E-state index in [1.807, 2.05) is 61.2 Å². The molecule has 3 aromatic rings. The minimum atomic E-state index is -0.653. The number of H-pyrrole nitrogens is 1. The molecule has 1 aliphatic rings. The van der Waals surface area contributed by atoms with E-state index in [2.05, 4.69) is 9.97 Å². The fraction of sp³-hybridized carbons (Fsp3) is 0.417. The number of amides is 1. The predicted molar refractivity (Wildman–Crippen MR) is 116 cm³/mol. The Hall–Kier alpha value is -2.86. The number of rotatable bonds is 6. The summed E-state index contributed by atoms with van der Waals surface area (Å²) in [5, 5.41) is 10.0. The normalized spacial score (nSPS) is 15.5. The Morgan fingerprint density at radius 3 is 2.63 bits per heavy atom. The van der Waals surface area contributed by atoms with Crippen molar-refractivity contribution in [3.05, 3.63) is 59.8 Å². The Morgan fingerprint density at radius 2 is 1.93 bits per heavy atom. The standard InChI is InChI=1S/C24H29N3O3/c1-24(2,29)15-17-10-12-27(13-11-17)23(28)21-14-20-19(25-21)8-9-22(26-20)30-16-18-6-4-3-5-7-18/h3-9,14,17,25,29H,10-13,15-16H2,1-2H3. The summed E-state index contributed by atoms with van der Waals surface area (Å²) in [5.74, 6) is 1.00. The Balaban J connectivity index is 1.39. The fourth-order valence-corrected chi connectivity index (χ4v) is 4.13. The van der Waals surface area contributed by atoms with Crippen LogP contribution in [0.2, 0.25) is 0 Å². The number of ether oxygens (including phenoxy) is 1. The van der Waals surface area contributed by atoms with Gasteiger partial charge in [-0.1, -0.05) is 30.3 Å². The number of hydrogen-bond donors (Lipinski definition) is 2.